The Hall–Kier alpha value is -1.29. The number of nitrogens with zero attached hydrogens (tertiary/aromatic N) is 2. The van der Waals surface area contributed by atoms with Gasteiger partial charge >= 0.3 is 0 Å². The van der Waals surface area contributed by atoms with Gasteiger partial charge in [0.2, 0.25) is 0 Å². The molecule has 1 N–H and O–H groups in total. The lowest BCUT2D eigenvalue weighted by molar-refractivity contribution is 0.0827. The number of rotatable bonds is 3. The molecule has 1 amide bonds. The third-order valence-corrected chi connectivity index (χ3v) is 2.00. The number of carbonyl (C=O) groups is 1. The summed E-state index contributed by atoms with van der Waals surface area (Å²) < 4.78 is 0. The number of aromatic nitrogens is 1. The minimum Gasteiger partial charge on any atom is -0.370 e. The van der Waals surface area contributed by atoms with Crippen LogP contribution in [0.25, 0.3) is 0 Å². The van der Waals surface area contributed by atoms with Crippen molar-refractivity contribution in [2.45, 2.75) is 6.92 Å². The second-order valence-corrected chi connectivity index (χ2v) is 3.68. The summed E-state index contributed by atoms with van der Waals surface area (Å²) in [6.45, 7) is 2.69. The predicted octanol–water partition coefficient (Wildman–Crippen LogP) is 1.87. The molecule has 0 aliphatic carbocycles. The van der Waals surface area contributed by atoms with Gasteiger partial charge < -0.3 is 10.2 Å². The molecule has 0 spiro atoms. The first kappa shape index (κ1) is 11.8. The van der Waals surface area contributed by atoms with E-state index >= 15 is 0 Å². The van der Waals surface area contributed by atoms with Crippen molar-refractivity contribution in [3.8, 4) is 0 Å². The lowest BCUT2D eigenvalue weighted by atomic mass is 10.2. The number of pyridine rings is 1. The van der Waals surface area contributed by atoms with Gasteiger partial charge in [-0.15, -0.1) is 0 Å². The average Bonchev–Trinajstić information content (AvgIpc) is 2.16. The summed E-state index contributed by atoms with van der Waals surface area (Å²) in [6, 6.07) is 3.25. The fourth-order valence-electron chi connectivity index (χ4n) is 1.15. The van der Waals surface area contributed by atoms with Crippen molar-refractivity contribution < 1.29 is 4.79 Å². The van der Waals surface area contributed by atoms with Crippen LogP contribution in [0.3, 0.4) is 0 Å². The van der Waals surface area contributed by atoms with Crippen molar-refractivity contribution in [3.63, 3.8) is 0 Å². The number of hydrogen-bond donors (Lipinski definition) is 1. The number of carbonyl (C=O) groups excluding carboxylic acids is 1. The molecule has 1 aromatic rings. The monoisotopic (exact) mass is 227 g/mol. The molecular weight excluding hydrogens is 214 g/mol. The van der Waals surface area contributed by atoms with Gasteiger partial charge in [-0.2, -0.15) is 0 Å². The first-order valence-corrected chi connectivity index (χ1v) is 5.05. The smallest absolute Gasteiger partial charge is 0.253 e. The second-order valence-electron chi connectivity index (χ2n) is 3.29. The molecule has 0 aromatic carbocycles. The summed E-state index contributed by atoms with van der Waals surface area (Å²) in [6.07, 6.45) is 0. The minimum absolute atomic E-state index is 0.0848. The van der Waals surface area contributed by atoms with E-state index in [-0.39, 0.29) is 5.91 Å². The van der Waals surface area contributed by atoms with Crippen LogP contribution in [0.1, 0.15) is 17.3 Å². The first-order valence-electron chi connectivity index (χ1n) is 4.67. The third-order valence-electron chi connectivity index (χ3n) is 1.81. The van der Waals surface area contributed by atoms with Crippen LogP contribution >= 0.6 is 11.6 Å². The first-order chi connectivity index (χ1) is 7.04. The third kappa shape index (κ3) is 3.09. The van der Waals surface area contributed by atoms with E-state index in [4.69, 9.17) is 11.6 Å². The SMILES string of the molecule is CCNc1cc(C(=O)N(C)C)cc(Cl)n1. The molecule has 15 heavy (non-hydrogen) atoms. The molecule has 0 bridgehead atoms. The Morgan fingerprint density at radius 2 is 2.20 bits per heavy atom. The molecule has 0 saturated heterocycles. The van der Waals surface area contributed by atoms with E-state index in [0.717, 1.165) is 6.54 Å². The normalized spacial score (nSPS) is 9.87. The Kier molecular flexibility index (Phi) is 3.91. The molecule has 82 valence electrons. The van der Waals surface area contributed by atoms with Crippen LogP contribution in [0.15, 0.2) is 12.1 Å². The van der Waals surface area contributed by atoms with Crippen LogP contribution in [0.5, 0.6) is 0 Å². The van der Waals surface area contributed by atoms with Gasteiger partial charge in [-0.1, -0.05) is 11.6 Å². The van der Waals surface area contributed by atoms with Crippen molar-refractivity contribution in [2.75, 3.05) is 26.0 Å². The maximum Gasteiger partial charge on any atom is 0.253 e. The van der Waals surface area contributed by atoms with Crippen molar-refractivity contribution >= 4 is 23.3 Å². The van der Waals surface area contributed by atoms with Crippen LogP contribution in [0.2, 0.25) is 5.15 Å². The van der Waals surface area contributed by atoms with Gasteiger partial charge in [-0.3, -0.25) is 4.79 Å². The van der Waals surface area contributed by atoms with Crippen molar-refractivity contribution in [2.24, 2.45) is 0 Å². The maximum atomic E-state index is 11.7. The molecule has 5 heteroatoms. The van der Waals surface area contributed by atoms with E-state index in [1.165, 1.54) is 4.90 Å². The van der Waals surface area contributed by atoms with E-state index in [0.29, 0.717) is 16.5 Å². The zero-order chi connectivity index (χ0) is 11.4. The molecular formula is C10H14ClN3O. The fourth-order valence-corrected chi connectivity index (χ4v) is 1.36. The van der Waals surface area contributed by atoms with Crippen LogP contribution in [-0.2, 0) is 0 Å². The molecule has 1 heterocycles. The highest BCUT2D eigenvalue weighted by Crippen LogP contribution is 2.15. The molecule has 0 saturated carbocycles. The Morgan fingerprint density at radius 1 is 1.53 bits per heavy atom. The zero-order valence-electron chi connectivity index (χ0n) is 9.04. The molecule has 0 fully saturated rings. The van der Waals surface area contributed by atoms with E-state index in [2.05, 4.69) is 10.3 Å². The summed E-state index contributed by atoms with van der Waals surface area (Å²) in [7, 11) is 3.40. The minimum atomic E-state index is -0.0848. The lowest BCUT2D eigenvalue weighted by Crippen LogP contribution is -2.22. The van der Waals surface area contributed by atoms with Crippen molar-refractivity contribution in [3.05, 3.63) is 22.8 Å². The van der Waals surface area contributed by atoms with Gasteiger partial charge in [0.05, 0.1) is 0 Å². The summed E-state index contributed by atoms with van der Waals surface area (Å²) in [4.78, 5) is 17.2. The fraction of sp³-hybridized carbons (Fsp3) is 0.400. The number of nitrogens with one attached hydrogen (secondary N) is 1. The molecule has 1 rings (SSSR count). The summed E-state index contributed by atoms with van der Waals surface area (Å²) in [5.41, 5.74) is 0.538. The molecule has 0 aliphatic rings. The second kappa shape index (κ2) is 4.98. The number of anilines is 1. The van der Waals surface area contributed by atoms with Crippen LogP contribution in [0, 0.1) is 0 Å². The van der Waals surface area contributed by atoms with Gasteiger partial charge in [0.15, 0.2) is 0 Å². The average molecular weight is 228 g/mol. The van der Waals surface area contributed by atoms with E-state index in [9.17, 15) is 4.79 Å². The molecule has 0 radical (unpaired) electrons. The summed E-state index contributed by atoms with van der Waals surface area (Å²) in [5, 5.41) is 3.33. The van der Waals surface area contributed by atoms with Crippen LogP contribution in [-0.4, -0.2) is 36.4 Å². The highest BCUT2D eigenvalue weighted by Gasteiger charge is 2.10. The molecule has 4 nitrogen and oxygen atoms in total. The number of amides is 1. The largest absolute Gasteiger partial charge is 0.370 e. The van der Waals surface area contributed by atoms with Crippen LogP contribution in [0.4, 0.5) is 5.82 Å². The number of halogens is 1. The van der Waals surface area contributed by atoms with Crippen LogP contribution < -0.4 is 5.32 Å². The Bertz CT molecular complexity index is 366. The zero-order valence-corrected chi connectivity index (χ0v) is 9.80. The van der Waals surface area contributed by atoms with E-state index in [1.54, 1.807) is 26.2 Å². The molecule has 1 aromatic heterocycles. The summed E-state index contributed by atoms with van der Waals surface area (Å²) in [5.74, 6) is 0.536. The lowest BCUT2D eigenvalue weighted by Gasteiger charge is -2.11. The van der Waals surface area contributed by atoms with E-state index < -0.39 is 0 Å². The van der Waals surface area contributed by atoms with Gasteiger partial charge in [0.1, 0.15) is 11.0 Å². The van der Waals surface area contributed by atoms with Gasteiger partial charge in [-0.05, 0) is 19.1 Å². The highest BCUT2D eigenvalue weighted by atomic mass is 35.5. The van der Waals surface area contributed by atoms with Gasteiger partial charge in [0, 0.05) is 26.2 Å². The maximum absolute atomic E-state index is 11.7. The standard InChI is InChI=1S/C10H14ClN3O/c1-4-12-9-6-7(5-8(11)13-9)10(15)14(2)3/h5-6H,4H2,1-3H3,(H,12,13). The molecule has 0 aliphatic heterocycles. The molecule has 0 atom stereocenters. The topological polar surface area (TPSA) is 45.2 Å². The van der Waals surface area contributed by atoms with Crippen molar-refractivity contribution in [1.82, 2.24) is 9.88 Å². The Labute approximate surface area is 94.3 Å². The Balaban J connectivity index is 3.03. The van der Waals surface area contributed by atoms with Gasteiger partial charge in [-0.25, -0.2) is 4.98 Å². The van der Waals surface area contributed by atoms with E-state index in [1.807, 2.05) is 6.92 Å². The summed E-state index contributed by atoms with van der Waals surface area (Å²) >= 11 is 5.81. The molecule has 0 unspecified atom stereocenters. The quantitative estimate of drug-likeness (QED) is 0.802. The Morgan fingerprint density at radius 3 is 2.73 bits per heavy atom. The highest BCUT2D eigenvalue weighted by molar-refractivity contribution is 6.29. The van der Waals surface area contributed by atoms with Gasteiger partial charge in [0.25, 0.3) is 5.91 Å². The number of hydrogen-bond acceptors (Lipinski definition) is 3. The van der Waals surface area contributed by atoms with Crippen molar-refractivity contribution in [1.29, 1.82) is 0 Å². The predicted molar refractivity (Wildman–Crippen MR) is 61.4 cm³/mol.